The molecule has 0 aromatic carbocycles. The Morgan fingerprint density at radius 2 is 1.92 bits per heavy atom. The number of hydrogen-bond donors (Lipinski definition) is 1. The molecule has 3 nitrogen and oxygen atoms in total. The summed E-state index contributed by atoms with van der Waals surface area (Å²) >= 11 is 0. The quantitative estimate of drug-likeness (QED) is 0.690. The highest BCUT2D eigenvalue weighted by Gasteiger charge is 2.22. The van der Waals surface area contributed by atoms with Crippen LogP contribution in [-0.4, -0.2) is 37.0 Å². The van der Waals surface area contributed by atoms with Gasteiger partial charge in [-0.15, -0.1) is 0 Å². The minimum Gasteiger partial charge on any atom is -0.342 e. The predicted octanol–water partition coefficient (Wildman–Crippen LogP) is 0.853. The van der Waals surface area contributed by atoms with Crippen LogP contribution in [0.15, 0.2) is 0 Å². The number of carbonyl (C=O) groups is 1. The first-order chi connectivity index (χ1) is 6.15. The van der Waals surface area contributed by atoms with E-state index in [1.165, 1.54) is 0 Å². The van der Waals surface area contributed by atoms with Gasteiger partial charge in [-0.05, 0) is 19.9 Å². The molecule has 0 spiro atoms. The van der Waals surface area contributed by atoms with Gasteiger partial charge >= 0.3 is 0 Å². The number of nitrogens with zero attached hydrogens (tertiary/aromatic N) is 1. The van der Waals surface area contributed by atoms with Gasteiger partial charge in [-0.25, -0.2) is 0 Å². The fourth-order valence-electron chi connectivity index (χ4n) is 1.75. The van der Waals surface area contributed by atoms with Gasteiger partial charge in [0.05, 0.1) is 0 Å². The number of nitrogens with one attached hydrogen (secondary N) is 1. The number of hydrogen-bond acceptors (Lipinski definition) is 2. The Kier molecular flexibility index (Phi) is 3.72. The van der Waals surface area contributed by atoms with Crippen molar-refractivity contribution in [3.63, 3.8) is 0 Å². The molecule has 0 atom stereocenters. The first-order valence-corrected chi connectivity index (χ1v) is 5.11. The van der Waals surface area contributed by atoms with Crippen molar-refractivity contribution >= 4 is 5.91 Å². The Morgan fingerprint density at radius 1 is 1.38 bits per heavy atom. The van der Waals surface area contributed by atoms with Gasteiger partial charge in [-0.2, -0.15) is 0 Å². The van der Waals surface area contributed by atoms with Gasteiger partial charge in [0.15, 0.2) is 0 Å². The van der Waals surface area contributed by atoms with Crippen LogP contribution >= 0.6 is 0 Å². The van der Waals surface area contributed by atoms with Crippen LogP contribution in [0.4, 0.5) is 0 Å². The first kappa shape index (κ1) is 10.5. The molecule has 0 aromatic rings. The molecule has 1 saturated heterocycles. The lowest BCUT2D eigenvalue weighted by molar-refractivity contribution is -0.135. The third-order valence-electron chi connectivity index (χ3n) is 2.71. The van der Waals surface area contributed by atoms with Gasteiger partial charge in [0.25, 0.3) is 0 Å². The fraction of sp³-hybridized carbons (Fsp3) is 0.900. The number of piperidine rings is 1. The smallest absolute Gasteiger partial charge is 0.225 e. The summed E-state index contributed by atoms with van der Waals surface area (Å²) in [5.41, 5.74) is 0. The standard InChI is InChI=1S/C10H20N2O/c1-8(2)10(13)12-6-4-9(11-3)5-7-12/h8-9,11H,4-7H2,1-3H3. The van der Waals surface area contributed by atoms with E-state index in [0.29, 0.717) is 11.9 Å². The van der Waals surface area contributed by atoms with E-state index >= 15 is 0 Å². The third-order valence-corrected chi connectivity index (χ3v) is 2.71. The van der Waals surface area contributed by atoms with Gasteiger partial charge in [-0.1, -0.05) is 13.8 Å². The minimum absolute atomic E-state index is 0.145. The molecule has 0 aromatic heterocycles. The Hall–Kier alpha value is -0.570. The highest BCUT2D eigenvalue weighted by atomic mass is 16.2. The van der Waals surface area contributed by atoms with Gasteiger partial charge in [0.1, 0.15) is 0 Å². The van der Waals surface area contributed by atoms with Crippen molar-refractivity contribution < 1.29 is 4.79 Å². The van der Waals surface area contributed by atoms with Crippen LogP contribution in [0.5, 0.6) is 0 Å². The number of likely N-dealkylation sites (tertiary alicyclic amines) is 1. The molecule has 1 rings (SSSR count). The van der Waals surface area contributed by atoms with Gasteiger partial charge < -0.3 is 10.2 Å². The fourth-order valence-corrected chi connectivity index (χ4v) is 1.75. The van der Waals surface area contributed by atoms with Crippen LogP contribution < -0.4 is 5.32 Å². The van der Waals surface area contributed by atoms with E-state index in [9.17, 15) is 4.79 Å². The Balaban J connectivity index is 2.36. The van der Waals surface area contributed by atoms with E-state index in [2.05, 4.69) is 5.32 Å². The van der Waals surface area contributed by atoms with Crippen LogP contribution in [0.1, 0.15) is 26.7 Å². The van der Waals surface area contributed by atoms with Crippen LogP contribution in [0, 0.1) is 5.92 Å². The lowest BCUT2D eigenvalue weighted by atomic mass is 10.0. The van der Waals surface area contributed by atoms with Crippen molar-refractivity contribution in [3.05, 3.63) is 0 Å². The first-order valence-electron chi connectivity index (χ1n) is 5.11. The molecule has 0 aliphatic carbocycles. The average Bonchev–Trinajstić information content (AvgIpc) is 2.17. The zero-order valence-corrected chi connectivity index (χ0v) is 8.84. The highest BCUT2D eigenvalue weighted by molar-refractivity contribution is 5.78. The van der Waals surface area contributed by atoms with E-state index in [-0.39, 0.29) is 5.92 Å². The summed E-state index contributed by atoms with van der Waals surface area (Å²) in [5, 5.41) is 3.25. The Labute approximate surface area is 80.5 Å². The van der Waals surface area contributed by atoms with Crippen molar-refractivity contribution in [2.24, 2.45) is 5.92 Å². The Bertz CT molecular complexity index is 172. The zero-order valence-electron chi connectivity index (χ0n) is 8.84. The maximum Gasteiger partial charge on any atom is 0.225 e. The molecule has 0 radical (unpaired) electrons. The summed E-state index contributed by atoms with van der Waals surface area (Å²) < 4.78 is 0. The number of carbonyl (C=O) groups excluding carboxylic acids is 1. The molecule has 1 aliphatic rings. The second-order valence-corrected chi connectivity index (χ2v) is 4.04. The van der Waals surface area contributed by atoms with E-state index < -0.39 is 0 Å². The van der Waals surface area contributed by atoms with Gasteiger partial charge in [0.2, 0.25) is 5.91 Å². The third kappa shape index (κ3) is 2.69. The van der Waals surface area contributed by atoms with Gasteiger partial charge in [0, 0.05) is 25.0 Å². The van der Waals surface area contributed by atoms with E-state index in [1.807, 2.05) is 25.8 Å². The maximum absolute atomic E-state index is 11.6. The summed E-state index contributed by atoms with van der Waals surface area (Å²) in [6.07, 6.45) is 2.18. The molecule has 0 bridgehead atoms. The van der Waals surface area contributed by atoms with Crippen molar-refractivity contribution in [2.45, 2.75) is 32.7 Å². The SMILES string of the molecule is CNC1CCN(C(=O)C(C)C)CC1. The van der Waals surface area contributed by atoms with E-state index in [4.69, 9.17) is 0 Å². The lowest BCUT2D eigenvalue weighted by Crippen LogP contribution is -2.45. The second kappa shape index (κ2) is 4.61. The topological polar surface area (TPSA) is 32.3 Å². The molecule has 1 heterocycles. The van der Waals surface area contributed by atoms with E-state index in [1.54, 1.807) is 0 Å². The number of amides is 1. The lowest BCUT2D eigenvalue weighted by Gasteiger charge is -2.32. The average molecular weight is 184 g/mol. The summed E-state index contributed by atoms with van der Waals surface area (Å²) in [6.45, 7) is 5.77. The number of rotatable bonds is 2. The molecule has 0 unspecified atom stereocenters. The molecule has 1 aliphatic heterocycles. The molecule has 1 N–H and O–H groups in total. The molecular weight excluding hydrogens is 164 g/mol. The molecule has 1 amide bonds. The molecular formula is C10H20N2O. The van der Waals surface area contributed by atoms with Crippen LogP contribution in [0.3, 0.4) is 0 Å². The summed E-state index contributed by atoms with van der Waals surface area (Å²) in [6, 6.07) is 0.608. The van der Waals surface area contributed by atoms with Crippen molar-refractivity contribution in [2.75, 3.05) is 20.1 Å². The monoisotopic (exact) mass is 184 g/mol. The summed E-state index contributed by atoms with van der Waals surface area (Å²) in [4.78, 5) is 13.6. The summed E-state index contributed by atoms with van der Waals surface area (Å²) in [5.74, 6) is 0.445. The normalized spacial score (nSPS) is 19.5. The maximum atomic E-state index is 11.6. The minimum atomic E-state index is 0.145. The van der Waals surface area contributed by atoms with Crippen molar-refractivity contribution in [1.29, 1.82) is 0 Å². The summed E-state index contributed by atoms with van der Waals surface area (Å²) in [7, 11) is 1.99. The molecule has 1 fully saturated rings. The largest absolute Gasteiger partial charge is 0.342 e. The highest BCUT2D eigenvalue weighted by Crippen LogP contribution is 2.12. The van der Waals surface area contributed by atoms with Crippen LogP contribution in [-0.2, 0) is 4.79 Å². The second-order valence-electron chi connectivity index (χ2n) is 4.04. The van der Waals surface area contributed by atoms with Gasteiger partial charge in [-0.3, -0.25) is 4.79 Å². The molecule has 76 valence electrons. The van der Waals surface area contributed by atoms with E-state index in [0.717, 1.165) is 25.9 Å². The molecule has 3 heteroatoms. The molecule has 0 saturated carbocycles. The van der Waals surface area contributed by atoms with Crippen molar-refractivity contribution in [3.8, 4) is 0 Å². The molecule has 13 heavy (non-hydrogen) atoms. The predicted molar refractivity (Wildman–Crippen MR) is 53.5 cm³/mol. The van der Waals surface area contributed by atoms with Crippen molar-refractivity contribution in [1.82, 2.24) is 10.2 Å². The van der Waals surface area contributed by atoms with Crippen LogP contribution in [0.2, 0.25) is 0 Å². The zero-order chi connectivity index (χ0) is 9.84. The van der Waals surface area contributed by atoms with Crippen LogP contribution in [0.25, 0.3) is 0 Å². The Morgan fingerprint density at radius 3 is 2.31 bits per heavy atom.